The van der Waals surface area contributed by atoms with Gasteiger partial charge in [0.1, 0.15) is 11.3 Å². The molecule has 0 spiro atoms. The van der Waals surface area contributed by atoms with Gasteiger partial charge < -0.3 is 9.73 Å². The molecule has 1 saturated carbocycles. The largest absolute Gasteiger partial charge is 0.437 e. The molecule has 2 aromatic rings. The van der Waals surface area contributed by atoms with Crippen LogP contribution in [0.1, 0.15) is 44.0 Å². The Bertz CT molecular complexity index is 643. The van der Waals surface area contributed by atoms with E-state index in [0.29, 0.717) is 23.0 Å². The van der Waals surface area contributed by atoms with Gasteiger partial charge in [0.05, 0.1) is 11.1 Å². The van der Waals surface area contributed by atoms with E-state index in [4.69, 9.17) is 16.0 Å². The molecule has 1 aliphatic heterocycles. The Kier molecular flexibility index (Phi) is 2.97. The number of nitrogens with zero attached hydrogens (tertiary/aromatic N) is 1. The van der Waals surface area contributed by atoms with Gasteiger partial charge in [0.2, 0.25) is 5.89 Å². The Morgan fingerprint density at radius 3 is 3.00 bits per heavy atom. The zero-order chi connectivity index (χ0) is 13.7. The van der Waals surface area contributed by atoms with Crippen molar-refractivity contribution in [2.24, 2.45) is 5.92 Å². The predicted octanol–water partition coefficient (Wildman–Crippen LogP) is 4.21. The van der Waals surface area contributed by atoms with Crippen molar-refractivity contribution >= 4 is 22.7 Å². The summed E-state index contributed by atoms with van der Waals surface area (Å²) in [4.78, 5) is 4.42. The van der Waals surface area contributed by atoms with Crippen molar-refractivity contribution in [1.29, 1.82) is 0 Å². The van der Waals surface area contributed by atoms with Crippen molar-refractivity contribution in [3.8, 4) is 0 Å². The SMILES string of the molecule is Fc1cc(Cl)c2oc(C3CC4CCCCC4N3)nc2c1. The van der Waals surface area contributed by atoms with Crippen LogP contribution in [-0.4, -0.2) is 11.0 Å². The quantitative estimate of drug-likeness (QED) is 0.856. The first-order valence-corrected chi connectivity index (χ1v) is 7.60. The third-order valence-corrected chi connectivity index (χ3v) is 4.87. The number of benzene rings is 1. The molecule has 1 aromatic carbocycles. The smallest absolute Gasteiger partial charge is 0.212 e. The standard InChI is InChI=1S/C15H16ClFN2O/c16-10-6-9(17)7-12-14(10)20-15(19-12)13-5-8-3-1-2-4-11(8)18-13/h6-8,11,13,18H,1-5H2. The van der Waals surface area contributed by atoms with E-state index in [0.717, 1.165) is 12.3 Å². The molecule has 2 heterocycles. The van der Waals surface area contributed by atoms with Crippen LogP contribution in [0.5, 0.6) is 0 Å². The van der Waals surface area contributed by atoms with Gasteiger partial charge in [0.15, 0.2) is 5.58 Å². The Balaban J connectivity index is 1.67. The second-order valence-corrected chi connectivity index (χ2v) is 6.30. The van der Waals surface area contributed by atoms with Crippen LogP contribution in [0.15, 0.2) is 16.5 Å². The first kappa shape index (κ1) is 12.6. The van der Waals surface area contributed by atoms with Crippen molar-refractivity contribution in [3.05, 3.63) is 28.9 Å². The number of halogens is 2. The van der Waals surface area contributed by atoms with Gasteiger partial charge in [-0.15, -0.1) is 0 Å². The van der Waals surface area contributed by atoms with E-state index in [1.54, 1.807) is 0 Å². The zero-order valence-corrected chi connectivity index (χ0v) is 11.8. The molecule has 20 heavy (non-hydrogen) atoms. The van der Waals surface area contributed by atoms with Gasteiger partial charge in [-0.05, 0) is 31.2 Å². The number of fused-ring (bicyclic) bond motifs is 2. The minimum Gasteiger partial charge on any atom is -0.437 e. The summed E-state index contributed by atoms with van der Waals surface area (Å²) < 4.78 is 19.1. The lowest BCUT2D eigenvalue weighted by atomic mass is 9.85. The fraction of sp³-hybridized carbons (Fsp3) is 0.533. The van der Waals surface area contributed by atoms with E-state index >= 15 is 0 Å². The summed E-state index contributed by atoms with van der Waals surface area (Å²) in [6.07, 6.45) is 6.18. The van der Waals surface area contributed by atoms with Crippen molar-refractivity contribution < 1.29 is 8.81 Å². The van der Waals surface area contributed by atoms with Crippen LogP contribution in [0.2, 0.25) is 5.02 Å². The van der Waals surface area contributed by atoms with Crippen molar-refractivity contribution in [1.82, 2.24) is 10.3 Å². The normalized spacial score (nSPS) is 29.8. The minimum absolute atomic E-state index is 0.134. The fourth-order valence-corrected chi connectivity index (χ4v) is 3.88. The number of aromatic nitrogens is 1. The maximum absolute atomic E-state index is 13.3. The maximum Gasteiger partial charge on any atom is 0.212 e. The lowest BCUT2D eigenvalue weighted by molar-refractivity contribution is 0.325. The molecular weight excluding hydrogens is 279 g/mol. The van der Waals surface area contributed by atoms with Gasteiger partial charge in [-0.1, -0.05) is 24.4 Å². The van der Waals surface area contributed by atoms with Crippen LogP contribution in [0, 0.1) is 11.7 Å². The molecule has 1 aliphatic carbocycles. The highest BCUT2D eigenvalue weighted by molar-refractivity contribution is 6.34. The Morgan fingerprint density at radius 2 is 2.15 bits per heavy atom. The molecule has 1 saturated heterocycles. The highest BCUT2D eigenvalue weighted by atomic mass is 35.5. The molecule has 2 aliphatic rings. The Labute approximate surface area is 121 Å². The summed E-state index contributed by atoms with van der Waals surface area (Å²) in [5.41, 5.74) is 0.987. The van der Waals surface area contributed by atoms with Gasteiger partial charge in [0, 0.05) is 12.1 Å². The van der Waals surface area contributed by atoms with E-state index in [1.807, 2.05) is 0 Å². The molecule has 1 N–H and O–H groups in total. The highest BCUT2D eigenvalue weighted by Crippen LogP contribution is 2.40. The summed E-state index contributed by atoms with van der Waals surface area (Å²) in [6, 6.07) is 3.35. The average molecular weight is 295 g/mol. The summed E-state index contributed by atoms with van der Waals surface area (Å²) in [5, 5.41) is 3.90. The number of rotatable bonds is 1. The van der Waals surface area contributed by atoms with Crippen molar-refractivity contribution in [2.75, 3.05) is 0 Å². The van der Waals surface area contributed by atoms with Crippen LogP contribution in [0.4, 0.5) is 4.39 Å². The number of hydrogen-bond donors (Lipinski definition) is 1. The molecular formula is C15H16ClFN2O. The molecule has 106 valence electrons. The molecule has 0 radical (unpaired) electrons. The second-order valence-electron chi connectivity index (χ2n) is 5.89. The summed E-state index contributed by atoms with van der Waals surface area (Å²) in [5.74, 6) is 0.980. The van der Waals surface area contributed by atoms with Gasteiger partial charge >= 0.3 is 0 Å². The second kappa shape index (κ2) is 4.71. The van der Waals surface area contributed by atoms with Gasteiger partial charge in [-0.2, -0.15) is 0 Å². The first-order chi connectivity index (χ1) is 9.70. The summed E-state index contributed by atoms with van der Waals surface area (Å²) >= 11 is 6.01. The van der Waals surface area contributed by atoms with Crippen LogP contribution < -0.4 is 5.32 Å². The van der Waals surface area contributed by atoms with E-state index in [9.17, 15) is 4.39 Å². The van der Waals surface area contributed by atoms with Crippen molar-refractivity contribution in [3.63, 3.8) is 0 Å². The van der Waals surface area contributed by atoms with E-state index < -0.39 is 0 Å². The van der Waals surface area contributed by atoms with Gasteiger partial charge in [-0.25, -0.2) is 9.37 Å². The molecule has 0 amide bonds. The Hall–Kier alpha value is -1.13. The van der Waals surface area contributed by atoms with Crippen LogP contribution >= 0.6 is 11.6 Å². The van der Waals surface area contributed by atoms with E-state index in [-0.39, 0.29) is 16.9 Å². The molecule has 3 unspecified atom stereocenters. The van der Waals surface area contributed by atoms with Crippen molar-refractivity contribution in [2.45, 2.75) is 44.2 Å². The molecule has 4 rings (SSSR count). The molecule has 5 heteroatoms. The van der Waals surface area contributed by atoms with Crippen LogP contribution in [0.25, 0.3) is 11.1 Å². The molecule has 0 bridgehead atoms. The third-order valence-electron chi connectivity index (χ3n) is 4.59. The maximum atomic E-state index is 13.3. The molecule has 1 aromatic heterocycles. The zero-order valence-electron chi connectivity index (χ0n) is 11.0. The van der Waals surface area contributed by atoms with Crippen LogP contribution in [0.3, 0.4) is 0 Å². The van der Waals surface area contributed by atoms with Gasteiger partial charge in [0.25, 0.3) is 0 Å². The van der Waals surface area contributed by atoms with E-state index in [2.05, 4.69) is 10.3 Å². The summed E-state index contributed by atoms with van der Waals surface area (Å²) in [6.45, 7) is 0. The van der Waals surface area contributed by atoms with E-state index in [1.165, 1.54) is 37.8 Å². The Morgan fingerprint density at radius 1 is 1.30 bits per heavy atom. The van der Waals surface area contributed by atoms with Crippen LogP contribution in [-0.2, 0) is 0 Å². The molecule has 3 atom stereocenters. The third kappa shape index (κ3) is 2.02. The first-order valence-electron chi connectivity index (χ1n) is 7.22. The minimum atomic E-state index is -0.379. The number of nitrogens with one attached hydrogen (secondary N) is 1. The number of oxazole rings is 1. The average Bonchev–Trinajstić information content (AvgIpc) is 3.01. The predicted molar refractivity (Wildman–Crippen MR) is 75.2 cm³/mol. The fourth-order valence-electron chi connectivity index (χ4n) is 3.64. The number of hydrogen-bond acceptors (Lipinski definition) is 3. The topological polar surface area (TPSA) is 38.1 Å². The molecule has 3 nitrogen and oxygen atoms in total. The highest BCUT2D eigenvalue weighted by Gasteiger charge is 2.37. The lowest BCUT2D eigenvalue weighted by Crippen LogP contribution is -2.30. The summed E-state index contributed by atoms with van der Waals surface area (Å²) in [7, 11) is 0. The monoisotopic (exact) mass is 294 g/mol. The lowest BCUT2D eigenvalue weighted by Gasteiger charge is -2.24. The van der Waals surface area contributed by atoms with Gasteiger partial charge in [-0.3, -0.25) is 0 Å². The molecule has 2 fully saturated rings.